The van der Waals surface area contributed by atoms with Crippen LogP contribution in [0.2, 0.25) is 0 Å². The Morgan fingerprint density at radius 3 is 2.46 bits per heavy atom. The van der Waals surface area contributed by atoms with E-state index in [0.717, 1.165) is 24.5 Å². The average Bonchev–Trinajstić information content (AvgIpc) is 3.47. The summed E-state index contributed by atoms with van der Waals surface area (Å²) in [5, 5.41) is 17.0. The Hall–Kier alpha value is -3.42. The summed E-state index contributed by atoms with van der Waals surface area (Å²) in [6.07, 6.45) is 0.875. The summed E-state index contributed by atoms with van der Waals surface area (Å²) in [5.41, 5.74) is 1.83. The van der Waals surface area contributed by atoms with Crippen molar-refractivity contribution >= 4 is 28.9 Å². The van der Waals surface area contributed by atoms with E-state index in [9.17, 15) is 19.7 Å². The number of esters is 1. The van der Waals surface area contributed by atoms with Crippen LogP contribution in [-0.4, -0.2) is 28.9 Å². The second kappa shape index (κ2) is 8.08. The first-order chi connectivity index (χ1) is 13.3. The second-order valence-corrected chi connectivity index (χ2v) is 6.81. The Labute approximate surface area is 162 Å². The molecule has 28 heavy (non-hydrogen) atoms. The summed E-state index contributed by atoms with van der Waals surface area (Å²) >= 11 is 0. The summed E-state index contributed by atoms with van der Waals surface area (Å²) < 4.78 is 5.17. The quantitative estimate of drug-likeness (QED) is 0.429. The van der Waals surface area contributed by atoms with Gasteiger partial charge in [-0.3, -0.25) is 14.9 Å². The third-order valence-electron chi connectivity index (χ3n) is 4.34. The highest BCUT2D eigenvalue weighted by Crippen LogP contribution is 2.31. The van der Waals surface area contributed by atoms with Crippen molar-refractivity contribution in [2.75, 3.05) is 10.6 Å². The molecule has 0 spiro atoms. The topological polar surface area (TPSA) is 111 Å². The molecule has 3 rings (SSSR count). The molecule has 0 radical (unpaired) electrons. The third-order valence-corrected chi connectivity index (χ3v) is 4.34. The smallest absolute Gasteiger partial charge is 0.339 e. The van der Waals surface area contributed by atoms with Gasteiger partial charge in [0.15, 0.2) is 6.10 Å². The molecular formula is C20H21N3O5. The van der Waals surface area contributed by atoms with E-state index in [2.05, 4.69) is 10.6 Å². The lowest BCUT2D eigenvalue weighted by atomic mass is 10.1. The highest BCUT2D eigenvalue weighted by atomic mass is 16.6. The maximum Gasteiger partial charge on any atom is 0.339 e. The Balaban J connectivity index is 1.65. The number of nitro benzene ring substituents is 1. The van der Waals surface area contributed by atoms with E-state index < -0.39 is 22.9 Å². The van der Waals surface area contributed by atoms with Gasteiger partial charge in [0.1, 0.15) is 5.69 Å². The van der Waals surface area contributed by atoms with Crippen LogP contribution in [0.1, 0.15) is 35.7 Å². The first-order valence-corrected chi connectivity index (χ1v) is 8.97. The van der Waals surface area contributed by atoms with Crippen molar-refractivity contribution in [1.82, 2.24) is 0 Å². The van der Waals surface area contributed by atoms with Crippen LogP contribution in [0.25, 0.3) is 0 Å². The van der Waals surface area contributed by atoms with Gasteiger partial charge in [0, 0.05) is 17.8 Å². The van der Waals surface area contributed by atoms with Gasteiger partial charge in [-0.2, -0.15) is 0 Å². The van der Waals surface area contributed by atoms with E-state index >= 15 is 0 Å². The molecule has 1 saturated carbocycles. The largest absolute Gasteiger partial charge is 0.449 e. The molecule has 0 bridgehead atoms. The number of nitrogens with zero attached hydrogens (tertiary/aromatic N) is 1. The fraction of sp³-hybridized carbons (Fsp3) is 0.300. The van der Waals surface area contributed by atoms with Crippen LogP contribution < -0.4 is 10.6 Å². The zero-order valence-corrected chi connectivity index (χ0v) is 15.6. The predicted molar refractivity (Wildman–Crippen MR) is 104 cm³/mol. The zero-order chi connectivity index (χ0) is 20.3. The van der Waals surface area contributed by atoms with Crippen molar-refractivity contribution < 1.29 is 19.2 Å². The molecule has 146 valence electrons. The van der Waals surface area contributed by atoms with E-state index in [1.807, 2.05) is 19.1 Å². The van der Waals surface area contributed by atoms with Gasteiger partial charge in [-0.15, -0.1) is 0 Å². The van der Waals surface area contributed by atoms with Gasteiger partial charge in [-0.1, -0.05) is 17.7 Å². The van der Waals surface area contributed by atoms with Crippen LogP contribution in [0.15, 0.2) is 42.5 Å². The lowest BCUT2D eigenvalue weighted by Crippen LogP contribution is -2.30. The van der Waals surface area contributed by atoms with Crippen molar-refractivity contribution in [3.8, 4) is 0 Å². The molecule has 8 heteroatoms. The molecule has 0 aromatic heterocycles. The van der Waals surface area contributed by atoms with Crippen molar-refractivity contribution in [2.24, 2.45) is 0 Å². The number of hydrogen-bond donors (Lipinski definition) is 2. The average molecular weight is 383 g/mol. The summed E-state index contributed by atoms with van der Waals surface area (Å²) in [7, 11) is 0. The number of ether oxygens (including phenoxy) is 1. The van der Waals surface area contributed by atoms with E-state index in [0.29, 0.717) is 11.4 Å². The number of nitro groups is 1. The number of aryl methyl sites for hydroxylation is 1. The molecule has 1 fully saturated rings. The van der Waals surface area contributed by atoms with Crippen LogP contribution >= 0.6 is 0 Å². The van der Waals surface area contributed by atoms with Gasteiger partial charge in [0.25, 0.3) is 11.6 Å². The number of hydrogen-bond acceptors (Lipinski definition) is 6. The number of rotatable bonds is 7. The zero-order valence-electron chi connectivity index (χ0n) is 15.6. The Morgan fingerprint density at radius 1 is 1.18 bits per heavy atom. The second-order valence-electron chi connectivity index (χ2n) is 6.81. The number of anilines is 2. The summed E-state index contributed by atoms with van der Waals surface area (Å²) in [5.74, 6) is -1.29. The SMILES string of the molecule is Cc1ccc(NC(=O)[C@@H](C)OC(=O)c2ccc(NC3CC3)c([N+](=O)[O-])c2)cc1. The molecule has 1 atom stereocenters. The first-order valence-electron chi connectivity index (χ1n) is 8.97. The summed E-state index contributed by atoms with van der Waals surface area (Å²) in [6, 6.07) is 11.5. The van der Waals surface area contributed by atoms with E-state index in [4.69, 9.17) is 4.74 Å². The lowest BCUT2D eigenvalue weighted by molar-refractivity contribution is -0.384. The molecule has 2 aromatic carbocycles. The summed E-state index contributed by atoms with van der Waals surface area (Å²) in [6.45, 7) is 3.37. The molecule has 1 aliphatic rings. The van der Waals surface area contributed by atoms with Crippen molar-refractivity contribution in [2.45, 2.75) is 38.8 Å². The van der Waals surface area contributed by atoms with Gasteiger partial charge in [-0.05, 0) is 51.0 Å². The highest BCUT2D eigenvalue weighted by molar-refractivity contribution is 5.97. The minimum atomic E-state index is -1.06. The van der Waals surface area contributed by atoms with E-state index in [-0.39, 0.29) is 17.3 Å². The van der Waals surface area contributed by atoms with Crippen molar-refractivity contribution in [3.05, 3.63) is 63.7 Å². The molecular weight excluding hydrogens is 362 g/mol. The van der Waals surface area contributed by atoms with Crippen LogP contribution in [-0.2, 0) is 9.53 Å². The van der Waals surface area contributed by atoms with Crippen molar-refractivity contribution in [3.63, 3.8) is 0 Å². The molecule has 2 aromatic rings. The molecule has 1 amide bonds. The van der Waals surface area contributed by atoms with Gasteiger partial charge >= 0.3 is 5.97 Å². The fourth-order valence-corrected chi connectivity index (χ4v) is 2.54. The first kappa shape index (κ1) is 19.3. The Kier molecular flexibility index (Phi) is 5.58. The minimum absolute atomic E-state index is 0.0167. The van der Waals surface area contributed by atoms with Crippen molar-refractivity contribution in [1.29, 1.82) is 0 Å². The van der Waals surface area contributed by atoms with Crippen LogP contribution in [0, 0.1) is 17.0 Å². The number of carbonyl (C=O) groups excluding carboxylic acids is 2. The van der Waals surface area contributed by atoms with Gasteiger partial charge < -0.3 is 15.4 Å². The standard InChI is InChI=1S/C20H21N3O5/c1-12-3-6-16(7-4-12)22-19(24)13(2)28-20(25)14-5-10-17(21-15-8-9-15)18(11-14)23(26)27/h3-7,10-11,13,15,21H,8-9H2,1-2H3,(H,22,24)/t13-/m1/s1. The fourth-order valence-electron chi connectivity index (χ4n) is 2.54. The van der Waals surface area contributed by atoms with Gasteiger partial charge in [-0.25, -0.2) is 4.79 Å². The monoisotopic (exact) mass is 383 g/mol. The minimum Gasteiger partial charge on any atom is -0.449 e. The maximum absolute atomic E-state index is 12.3. The predicted octanol–water partition coefficient (Wildman–Crippen LogP) is 3.66. The number of benzene rings is 2. The number of nitrogens with one attached hydrogen (secondary N) is 2. The van der Waals surface area contributed by atoms with Crippen LogP contribution in [0.4, 0.5) is 17.1 Å². The molecule has 2 N–H and O–H groups in total. The van der Waals surface area contributed by atoms with E-state index in [1.54, 1.807) is 12.1 Å². The van der Waals surface area contributed by atoms with Crippen LogP contribution in [0.3, 0.4) is 0 Å². The molecule has 1 aliphatic carbocycles. The number of carbonyl (C=O) groups is 2. The molecule has 8 nitrogen and oxygen atoms in total. The molecule has 0 unspecified atom stereocenters. The molecule has 0 heterocycles. The lowest BCUT2D eigenvalue weighted by Gasteiger charge is -2.14. The Bertz CT molecular complexity index is 907. The maximum atomic E-state index is 12.3. The van der Waals surface area contributed by atoms with E-state index in [1.165, 1.54) is 19.1 Å². The third kappa shape index (κ3) is 4.85. The van der Waals surface area contributed by atoms with Crippen LogP contribution in [0.5, 0.6) is 0 Å². The highest BCUT2D eigenvalue weighted by Gasteiger charge is 2.26. The normalized spacial score (nSPS) is 14.1. The molecule has 0 saturated heterocycles. The van der Waals surface area contributed by atoms with Gasteiger partial charge in [0.2, 0.25) is 0 Å². The molecule has 0 aliphatic heterocycles. The Morgan fingerprint density at radius 2 is 1.86 bits per heavy atom. The van der Waals surface area contributed by atoms with Gasteiger partial charge in [0.05, 0.1) is 10.5 Å². The summed E-state index contributed by atoms with van der Waals surface area (Å²) in [4.78, 5) is 35.3. The number of amides is 1.